The number of unbranched alkanes of at least 4 members (excludes halogenated alkanes) is 43. The minimum absolute atomic E-state index is 0.0617. The summed E-state index contributed by atoms with van der Waals surface area (Å²) in [5, 5.41) is 0. The molecule has 0 heterocycles. The van der Waals surface area contributed by atoms with E-state index in [0.717, 1.165) is 63.7 Å². The lowest BCUT2D eigenvalue weighted by atomic mass is 10.0. The molecular formula is C61H118O6. The third kappa shape index (κ3) is 55.2. The molecule has 0 saturated heterocycles. The number of carbonyl (C=O) groups excluding carboxylic acids is 3. The van der Waals surface area contributed by atoms with Crippen molar-refractivity contribution in [1.29, 1.82) is 0 Å². The maximum Gasteiger partial charge on any atom is 0.306 e. The molecule has 0 N–H and O–H groups in total. The van der Waals surface area contributed by atoms with Crippen LogP contribution in [0.25, 0.3) is 0 Å². The monoisotopic (exact) mass is 947 g/mol. The molecule has 0 aliphatic heterocycles. The van der Waals surface area contributed by atoms with E-state index in [1.165, 1.54) is 244 Å². The van der Waals surface area contributed by atoms with Gasteiger partial charge in [-0.3, -0.25) is 14.4 Å². The van der Waals surface area contributed by atoms with Gasteiger partial charge >= 0.3 is 17.9 Å². The van der Waals surface area contributed by atoms with Gasteiger partial charge in [0.1, 0.15) is 13.2 Å². The molecule has 0 unspecified atom stereocenters. The number of hydrogen-bond acceptors (Lipinski definition) is 6. The first-order chi connectivity index (χ1) is 32.9. The van der Waals surface area contributed by atoms with Crippen molar-refractivity contribution in [2.24, 2.45) is 5.92 Å². The van der Waals surface area contributed by atoms with Gasteiger partial charge in [-0.2, -0.15) is 0 Å². The van der Waals surface area contributed by atoms with Crippen LogP contribution in [-0.2, 0) is 28.6 Å². The summed E-state index contributed by atoms with van der Waals surface area (Å²) in [5.41, 5.74) is 0. The van der Waals surface area contributed by atoms with Crippen LogP contribution in [0.15, 0.2) is 0 Å². The highest BCUT2D eigenvalue weighted by Gasteiger charge is 2.19. The summed E-state index contributed by atoms with van der Waals surface area (Å²) in [5.74, 6) is -0.00551. The summed E-state index contributed by atoms with van der Waals surface area (Å²) in [6.07, 6.45) is 61.0. The van der Waals surface area contributed by atoms with Crippen LogP contribution in [0.2, 0.25) is 0 Å². The van der Waals surface area contributed by atoms with Gasteiger partial charge in [-0.15, -0.1) is 0 Å². The minimum Gasteiger partial charge on any atom is -0.462 e. The molecule has 0 saturated carbocycles. The lowest BCUT2D eigenvalue weighted by Gasteiger charge is -2.18. The highest BCUT2D eigenvalue weighted by molar-refractivity contribution is 5.71. The highest BCUT2D eigenvalue weighted by atomic mass is 16.6. The van der Waals surface area contributed by atoms with E-state index >= 15 is 0 Å². The normalized spacial score (nSPS) is 12.0. The summed E-state index contributed by atoms with van der Waals surface area (Å²) in [6, 6.07) is 0. The summed E-state index contributed by atoms with van der Waals surface area (Å²) < 4.78 is 16.9. The third-order valence-corrected chi connectivity index (χ3v) is 14.0. The Kier molecular flexibility index (Phi) is 54.0. The van der Waals surface area contributed by atoms with Crippen LogP contribution in [0, 0.1) is 5.92 Å². The Morgan fingerprint density at radius 3 is 0.731 bits per heavy atom. The SMILES string of the molecule is CCCCCCCCCCCCCCCCCCCCCC(=O)O[C@H](COC(=O)CCCCCCCCCCCCCCCCCC)COC(=O)CCCCCCCCCCCCCC(C)C. The largest absolute Gasteiger partial charge is 0.462 e. The summed E-state index contributed by atoms with van der Waals surface area (Å²) in [7, 11) is 0. The van der Waals surface area contributed by atoms with Gasteiger partial charge in [-0.05, 0) is 25.2 Å². The molecule has 0 amide bonds. The van der Waals surface area contributed by atoms with Crippen molar-refractivity contribution in [3.63, 3.8) is 0 Å². The first-order valence-electron chi connectivity index (χ1n) is 30.4. The molecule has 0 rings (SSSR count). The molecule has 67 heavy (non-hydrogen) atoms. The van der Waals surface area contributed by atoms with E-state index in [0.29, 0.717) is 19.3 Å². The standard InChI is InChI=1S/C61H118O6/c1-5-7-9-11-13-15-17-19-21-23-24-25-27-29-33-38-42-46-50-54-61(64)67-58(56-66-60(63)53-49-45-41-37-34-30-31-35-39-43-47-51-57(3)4)55-65-59(62)52-48-44-40-36-32-28-26-22-20-18-16-14-12-10-8-6-2/h57-58H,5-56H2,1-4H3/t58-/m1/s1. The van der Waals surface area contributed by atoms with E-state index in [9.17, 15) is 14.4 Å². The number of ether oxygens (including phenoxy) is 3. The van der Waals surface area contributed by atoms with Crippen LogP contribution in [0.4, 0.5) is 0 Å². The molecule has 0 aliphatic carbocycles. The van der Waals surface area contributed by atoms with Crippen LogP contribution in [0.3, 0.4) is 0 Å². The van der Waals surface area contributed by atoms with Gasteiger partial charge in [0, 0.05) is 19.3 Å². The van der Waals surface area contributed by atoms with E-state index in [1.807, 2.05) is 0 Å². The average molecular weight is 948 g/mol. The van der Waals surface area contributed by atoms with Crippen molar-refractivity contribution in [1.82, 2.24) is 0 Å². The molecule has 0 aromatic heterocycles. The molecule has 0 fully saturated rings. The lowest BCUT2D eigenvalue weighted by Crippen LogP contribution is -2.30. The van der Waals surface area contributed by atoms with E-state index in [2.05, 4.69) is 27.7 Å². The fourth-order valence-corrected chi connectivity index (χ4v) is 9.46. The zero-order valence-electron chi connectivity index (χ0n) is 45.9. The molecule has 6 nitrogen and oxygen atoms in total. The topological polar surface area (TPSA) is 78.9 Å². The fraction of sp³-hybridized carbons (Fsp3) is 0.951. The van der Waals surface area contributed by atoms with Gasteiger partial charge in [0.2, 0.25) is 0 Å². The van der Waals surface area contributed by atoms with Gasteiger partial charge in [0.05, 0.1) is 0 Å². The number of esters is 3. The van der Waals surface area contributed by atoms with Crippen molar-refractivity contribution in [2.75, 3.05) is 13.2 Å². The van der Waals surface area contributed by atoms with Crippen molar-refractivity contribution in [2.45, 2.75) is 355 Å². The van der Waals surface area contributed by atoms with Crippen molar-refractivity contribution in [3.05, 3.63) is 0 Å². The molecule has 0 bridgehead atoms. The summed E-state index contributed by atoms with van der Waals surface area (Å²) >= 11 is 0. The van der Waals surface area contributed by atoms with Gasteiger partial charge in [-0.1, -0.05) is 310 Å². The van der Waals surface area contributed by atoms with Crippen LogP contribution >= 0.6 is 0 Å². The molecule has 398 valence electrons. The molecule has 6 heteroatoms. The molecule has 0 aliphatic rings. The van der Waals surface area contributed by atoms with E-state index < -0.39 is 6.10 Å². The van der Waals surface area contributed by atoms with Gasteiger partial charge in [0.15, 0.2) is 6.10 Å². The van der Waals surface area contributed by atoms with Gasteiger partial charge in [0.25, 0.3) is 0 Å². The predicted octanol–water partition coefficient (Wildman–Crippen LogP) is 20.2. The van der Waals surface area contributed by atoms with Crippen LogP contribution < -0.4 is 0 Å². The van der Waals surface area contributed by atoms with E-state index in [1.54, 1.807) is 0 Å². The number of hydrogen-bond donors (Lipinski definition) is 0. The highest BCUT2D eigenvalue weighted by Crippen LogP contribution is 2.18. The van der Waals surface area contributed by atoms with E-state index in [-0.39, 0.29) is 31.1 Å². The first kappa shape index (κ1) is 65.4. The number of rotatable bonds is 56. The van der Waals surface area contributed by atoms with Crippen molar-refractivity contribution in [3.8, 4) is 0 Å². The zero-order valence-corrected chi connectivity index (χ0v) is 45.9. The van der Waals surface area contributed by atoms with Gasteiger partial charge < -0.3 is 14.2 Å². The zero-order chi connectivity index (χ0) is 48.8. The smallest absolute Gasteiger partial charge is 0.306 e. The molecule has 0 aromatic carbocycles. The Bertz CT molecular complexity index is 1010. The average Bonchev–Trinajstić information content (AvgIpc) is 3.31. The molecule has 0 spiro atoms. The molecule has 0 radical (unpaired) electrons. The minimum atomic E-state index is -0.762. The number of carbonyl (C=O) groups is 3. The third-order valence-electron chi connectivity index (χ3n) is 14.0. The lowest BCUT2D eigenvalue weighted by molar-refractivity contribution is -0.167. The van der Waals surface area contributed by atoms with Crippen molar-refractivity contribution >= 4 is 17.9 Å². The first-order valence-corrected chi connectivity index (χ1v) is 30.4. The summed E-state index contributed by atoms with van der Waals surface area (Å²) in [6.45, 7) is 9.06. The van der Waals surface area contributed by atoms with Crippen molar-refractivity contribution < 1.29 is 28.6 Å². The Morgan fingerprint density at radius 1 is 0.284 bits per heavy atom. The fourth-order valence-electron chi connectivity index (χ4n) is 9.46. The Balaban J connectivity index is 4.28. The Hall–Kier alpha value is -1.59. The Morgan fingerprint density at radius 2 is 0.493 bits per heavy atom. The second kappa shape index (κ2) is 55.3. The maximum atomic E-state index is 12.9. The van der Waals surface area contributed by atoms with Gasteiger partial charge in [-0.25, -0.2) is 0 Å². The molecule has 0 aromatic rings. The second-order valence-corrected chi connectivity index (χ2v) is 21.5. The molecule has 1 atom stereocenters. The Labute approximate surface area is 418 Å². The quantitative estimate of drug-likeness (QED) is 0.0343. The second-order valence-electron chi connectivity index (χ2n) is 21.5. The summed E-state index contributed by atoms with van der Waals surface area (Å²) in [4.78, 5) is 38.2. The van der Waals surface area contributed by atoms with Crippen LogP contribution in [0.5, 0.6) is 0 Å². The van der Waals surface area contributed by atoms with Crippen LogP contribution in [0.1, 0.15) is 349 Å². The molecular weight excluding hydrogens is 829 g/mol. The predicted molar refractivity (Wildman–Crippen MR) is 289 cm³/mol. The van der Waals surface area contributed by atoms with E-state index in [4.69, 9.17) is 14.2 Å². The van der Waals surface area contributed by atoms with Crippen LogP contribution in [-0.4, -0.2) is 37.2 Å². The maximum absolute atomic E-state index is 12.9.